The average Bonchev–Trinajstić information content (AvgIpc) is 2.75. The van der Waals surface area contributed by atoms with E-state index in [1.54, 1.807) is 0 Å². The van der Waals surface area contributed by atoms with Gasteiger partial charge in [0.25, 0.3) is 0 Å². The van der Waals surface area contributed by atoms with E-state index in [0.717, 1.165) is 30.9 Å². The van der Waals surface area contributed by atoms with Gasteiger partial charge in [-0.15, -0.1) is 0 Å². The Labute approximate surface area is 91.0 Å². The molecule has 1 aliphatic rings. The van der Waals surface area contributed by atoms with Crippen molar-refractivity contribution in [3.05, 3.63) is 35.9 Å². The normalized spacial score (nSPS) is 18.4. The number of hydrogen-bond acceptors (Lipinski definition) is 2. The first kappa shape index (κ1) is 10.2. The highest BCUT2D eigenvalue weighted by Gasteiger charge is 2.33. The number of rotatable bonds is 3. The molecule has 2 rings (SSSR count). The van der Waals surface area contributed by atoms with Crippen LogP contribution in [0.15, 0.2) is 35.3 Å². The molecule has 1 aromatic rings. The maximum absolute atomic E-state index is 5.69. The number of hydrogen-bond donors (Lipinski definition) is 0. The van der Waals surface area contributed by atoms with Crippen LogP contribution in [0.3, 0.4) is 0 Å². The Morgan fingerprint density at radius 1 is 1.20 bits per heavy atom. The second kappa shape index (κ2) is 4.05. The Kier molecular flexibility index (Phi) is 2.76. The molecular weight excluding hydrogens is 186 g/mol. The van der Waals surface area contributed by atoms with Crippen LogP contribution in [0.4, 0.5) is 0 Å². The summed E-state index contributed by atoms with van der Waals surface area (Å²) in [6, 6.07) is 10.1. The summed E-state index contributed by atoms with van der Waals surface area (Å²) >= 11 is 0. The zero-order valence-electron chi connectivity index (χ0n) is 9.36. The molecule has 15 heavy (non-hydrogen) atoms. The number of ether oxygens (including phenoxy) is 1. The maximum atomic E-state index is 5.69. The van der Waals surface area contributed by atoms with E-state index >= 15 is 0 Å². The molecule has 0 atom stereocenters. The van der Waals surface area contributed by atoms with Crippen molar-refractivity contribution >= 4 is 5.90 Å². The third kappa shape index (κ3) is 1.89. The third-order valence-corrected chi connectivity index (χ3v) is 3.15. The summed E-state index contributed by atoms with van der Waals surface area (Å²) in [5, 5.41) is 0. The minimum atomic E-state index is 0.0190. The van der Waals surface area contributed by atoms with Crippen LogP contribution in [-0.4, -0.2) is 18.0 Å². The quantitative estimate of drug-likeness (QED) is 0.740. The minimum Gasteiger partial charge on any atom is -0.475 e. The number of benzene rings is 1. The summed E-state index contributed by atoms with van der Waals surface area (Å²) in [6.45, 7) is 5.07. The van der Waals surface area contributed by atoms with Gasteiger partial charge in [-0.2, -0.15) is 0 Å². The van der Waals surface area contributed by atoms with Crippen molar-refractivity contribution in [3.63, 3.8) is 0 Å². The van der Waals surface area contributed by atoms with Gasteiger partial charge >= 0.3 is 0 Å². The van der Waals surface area contributed by atoms with Crippen LogP contribution >= 0.6 is 0 Å². The molecule has 0 bridgehead atoms. The van der Waals surface area contributed by atoms with Gasteiger partial charge in [0, 0.05) is 5.56 Å². The van der Waals surface area contributed by atoms with Crippen molar-refractivity contribution in [2.75, 3.05) is 6.61 Å². The molecule has 0 saturated carbocycles. The van der Waals surface area contributed by atoms with Crippen molar-refractivity contribution in [2.24, 2.45) is 4.99 Å². The Balaban J connectivity index is 2.27. The fourth-order valence-corrected chi connectivity index (χ4v) is 1.82. The lowest BCUT2D eigenvalue weighted by atomic mass is 9.96. The monoisotopic (exact) mass is 203 g/mol. The molecule has 2 heteroatoms. The van der Waals surface area contributed by atoms with E-state index in [1.165, 1.54) is 0 Å². The molecule has 0 spiro atoms. The van der Waals surface area contributed by atoms with Crippen LogP contribution in [0.2, 0.25) is 0 Å². The topological polar surface area (TPSA) is 21.6 Å². The summed E-state index contributed by atoms with van der Waals surface area (Å²) in [7, 11) is 0. The molecule has 0 fully saturated rings. The zero-order valence-corrected chi connectivity index (χ0v) is 9.36. The molecule has 1 heterocycles. The van der Waals surface area contributed by atoms with Gasteiger partial charge in [-0.05, 0) is 25.0 Å². The molecule has 0 aromatic heterocycles. The van der Waals surface area contributed by atoms with Gasteiger partial charge < -0.3 is 4.74 Å². The maximum Gasteiger partial charge on any atom is 0.216 e. The molecule has 2 nitrogen and oxygen atoms in total. The Bertz CT molecular complexity index is 352. The van der Waals surface area contributed by atoms with E-state index in [4.69, 9.17) is 9.73 Å². The van der Waals surface area contributed by atoms with Gasteiger partial charge in [-0.1, -0.05) is 32.0 Å². The lowest BCUT2D eigenvalue weighted by Gasteiger charge is -2.18. The predicted octanol–water partition coefficient (Wildman–Crippen LogP) is 3.02. The molecule has 0 amide bonds. The van der Waals surface area contributed by atoms with E-state index in [2.05, 4.69) is 13.8 Å². The Morgan fingerprint density at radius 2 is 1.87 bits per heavy atom. The van der Waals surface area contributed by atoms with Gasteiger partial charge in [-0.25, -0.2) is 4.99 Å². The van der Waals surface area contributed by atoms with Gasteiger partial charge in [-0.3, -0.25) is 0 Å². The summed E-state index contributed by atoms with van der Waals surface area (Å²) in [4.78, 5) is 4.72. The van der Waals surface area contributed by atoms with E-state index in [1.807, 2.05) is 30.3 Å². The van der Waals surface area contributed by atoms with E-state index in [0.29, 0.717) is 0 Å². The molecular formula is C13H17NO. The van der Waals surface area contributed by atoms with Crippen molar-refractivity contribution in [1.29, 1.82) is 0 Å². The lowest BCUT2D eigenvalue weighted by Crippen LogP contribution is -2.25. The van der Waals surface area contributed by atoms with Crippen LogP contribution in [0, 0.1) is 0 Å². The highest BCUT2D eigenvalue weighted by Crippen LogP contribution is 2.27. The van der Waals surface area contributed by atoms with Crippen LogP contribution in [-0.2, 0) is 4.74 Å². The largest absolute Gasteiger partial charge is 0.475 e. The minimum absolute atomic E-state index is 0.0190. The van der Waals surface area contributed by atoms with Gasteiger partial charge in [0.15, 0.2) is 0 Å². The predicted molar refractivity (Wildman–Crippen MR) is 62.2 cm³/mol. The van der Waals surface area contributed by atoms with Crippen LogP contribution in [0.25, 0.3) is 0 Å². The fourth-order valence-electron chi connectivity index (χ4n) is 1.82. The summed E-state index contributed by atoms with van der Waals surface area (Å²) in [6.07, 6.45) is 2.08. The number of nitrogens with zero attached hydrogens (tertiary/aromatic N) is 1. The second-order valence-corrected chi connectivity index (χ2v) is 4.00. The van der Waals surface area contributed by atoms with Gasteiger partial charge in [0.1, 0.15) is 6.61 Å². The second-order valence-electron chi connectivity index (χ2n) is 4.00. The highest BCUT2D eigenvalue weighted by molar-refractivity contribution is 5.95. The molecule has 80 valence electrons. The smallest absolute Gasteiger partial charge is 0.216 e. The van der Waals surface area contributed by atoms with Crippen molar-refractivity contribution < 1.29 is 4.74 Å². The molecule has 1 aromatic carbocycles. The average molecular weight is 203 g/mol. The number of aliphatic imine (C=N–C) groups is 1. The van der Waals surface area contributed by atoms with Crippen LogP contribution in [0.1, 0.15) is 32.3 Å². The van der Waals surface area contributed by atoms with E-state index in [9.17, 15) is 0 Å². The first-order valence-corrected chi connectivity index (χ1v) is 5.58. The van der Waals surface area contributed by atoms with E-state index in [-0.39, 0.29) is 5.54 Å². The molecule has 0 saturated heterocycles. The molecule has 0 radical (unpaired) electrons. The fraction of sp³-hybridized carbons (Fsp3) is 0.462. The van der Waals surface area contributed by atoms with Crippen LogP contribution in [0.5, 0.6) is 0 Å². The third-order valence-electron chi connectivity index (χ3n) is 3.15. The first-order valence-electron chi connectivity index (χ1n) is 5.58. The zero-order chi connectivity index (χ0) is 10.7. The summed E-state index contributed by atoms with van der Waals surface area (Å²) in [5.74, 6) is 0.805. The van der Waals surface area contributed by atoms with Crippen LogP contribution < -0.4 is 0 Å². The SMILES string of the molecule is CCC1(CC)COC(c2ccccc2)=N1. The van der Waals surface area contributed by atoms with Crippen molar-refractivity contribution in [1.82, 2.24) is 0 Å². The highest BCUT2D eigenvalue weighted by atomic mass is 16.5. The Morgan fingerprint density at radius 3 is 2.40 bits per heavy atom. The molecule has 0 unspecified atom stereocenters. The standard InChI is InChI=1S/C13H17NO/c1-3-13(4-2)10-15-12(14-13)11-8-6-5-7-9-11/h5-9H,3-4,10H2,1-2H3. The molecule has 1 aliphatic heterocycles. The molecule has 0 aliphatic carbocycles. The Hall–Kier alpha value is -1.31. The summed E-state index contributed by atoms with van der Waals surface area (Å²) in [5.41, 5.74) is 1.10. The summed E-state index contributed by atoms with van der Waals surface area (Å²) < 4.78 is 5.69. The molecule has 0 N–H and O–H groups in total. The van der Waals surface area contributed by atoms with Gasteiger partial charge in [0.2, 0.25) is 5.90 Å². The van der Waals surface area contributed by atoms with Gasteiger partial charge in [0.05, 0.1) is 5.54 Å². The van der Waals surface area contributed by atoms with E-state index < -0.39 is 0 Å². The van der Waals surface area contributed by atoms with Crippen molar-refractivity contribution in [2.45, 2.75) is 32.2 Å². The van der Waals surface area contributed by atoms with Crippen molar-refractivity contribution in [3.8, 4) is 0 Å². The first-order chi connectivity index (χ1) is 7.29. The lowest BCUT2D eigenvalue weighted by molar-refractivity contribution is 0.244.